The number of thiocarbonyl (C=S) groups is 1. The monoisotopic (exact) mass is 447 g/mol. The van der Waals surface area contributed by atoms with E-state index in [-0.39, 0.29) is 10.7 Å². The highest BCUT2D eigenvalue weighted by molar-refractivity contribution is 7.80. The van der Waals surface area contributed by atoms with Gasteiger partial charge in [-0.2, -0.15) is 0 Å². The lowest BCUT2D eigenvalue weighted by atomic mass is 10.1. The molecule has 1 fully saturated rings. The Balaban J connectivity index is 1.67. The fourth-order valence-corrected chi connectivity index (χ4v) is 3.77. The smallest absolute Gasteiger partial charge is 0.270 e. The van der Waals surface area contributed by atoms with E-state index in [1.54, 1.807) is 44.6 Å². The normalized spacial score (nSPS) is 15.2. The van der Waals surface area contributed by atoms with E-state index in [0.717, 1.165) is 22.7 Å². The molecule has 162 valence electrons. The predicted octanol–water partition coefficient (Wildman–Crippen LogP) is 3.63. The minimum absolute atomic E-state index is 0.00120. The van der Waals surface area contributed by atoms with E-state index in [1.807, 2.05) is 48.0 Å². The number of anilines is 1. The molecule has 32 heavy (non-hydrogen) atoms. The Labute approximate surface area is 190 Å². The molecule has 2 aromatic carbocycles. The summed E-state index contributed by atoms with van der Waals surface area (Å²) in [5, 5.41) is 2.64. The molecule has 2 amide bonds. The van der Waals surface area contributed by atoms with Crippen molar-refractivity contribution in [3.8, 4) is 17.2 Å². The predicted molar refractivity (Wildman–Crippen MR) is 126 cm³/mol. The third-order valence-electron chi connectivity index (χ3n) is 5.13. The fraction of sp³-hybridized carbons (Fsp3) is 0.125. The lowest BCUT2D eigenvalue weighted by Crippen LogP contribution is -2.54. The van der Waals surface area contributed by atoms with Crippen LogP contribution in [0.1, 0.15) is 11.3 Å². The summed E-state index contributed by atoms with van der Waals surface area (Å²) in [7, 11) is 3.18. The van der Waals surface area contributed by atoms with E-state index in [1.165, 1.54) is 4.90 Å². The van der Waals surface area contributed by atoms with Crippen molar-refractivity contribution in [1.82, 2.24) is 9.88 Å². The maximum atomic E-state index is 13.2. The van der Waals surface area contributed by atoms with Gasteiger partial charge in [-0.1, -0.05) is 0 Å². The molecule has 1 aliphatic rings. The molecular weight excluding hydrogens is 426 g/mol. The third-order valence-corrected chi connectivity index (χ3v) is 5.41. The van der Waals surface area contributed by atoms with Crippen LogP contribution in [0, 0.1) is 6.92 Å². The number of hydrogen-bond donors (Lipinski definition) is 1. The van der Waals surface area contributed by atoms with Crippen molar-refractivity contribution in [3.05, 3.63) is 77.6 Å². The van der Waals surface area contributed by atoms with Gasteiger partial charge < -0.3 is 14.0 Å². The van der Waals surface area contributed by atoms with Crippen molar-refractivity contribution in [2.24, 2.45) is 0 Å². The number of carbonyl (C=O) groups excluding carboxylic acids is 2. The molecule has 0 bridgehead atoms. The molecule has 3 aromatic rings. The third kappa shape index (κ3) is 4.00. The topological polar surface area (TPSA) is 72.8 Å². The summed E-state index contributed by atoms with van der Waals surface area (Å²) in [6.45, 7) is 1.95. The maximum absolute atomic E-state index is 13.2. The Morgan fingerprint density at radius 2 is 1.47 bits per heavy atom. The standard InChI is InChI=1S/C24H21N3O4S/c1-15-12-16(14-26(15)17-4-8-19(30-2)9-5-17)13-21-22(28)25-24(32)27(23(21)29)18-6-10-20(31-3)11-7-18/h4-14H,1-3H3,(H,25,28,32)/b21-13-. The first kappa shape index (κ1) is 21.3. The second-order valence-corrected chi connectivity index (χ2v) is 7.53. The highest BCUT2D eigenvalue weighted by atomic mass is 32.1. The van der Waals surface area contributed by atoms with E-state index in [0.29, 0.717) is 11.4 Å². The SMILES string of the molecule is COc1ccc(N2C(=O)/C(=C\c3cc(C)n(-c4ccc(OC)cc4)c3)C(=O)NC2=S)cc1. The number of aryl methyl sites for hydroxylation is 1. The minimum atomic E-state index is -0.528. The van der Waals surface area contributed by atoms with Gasteiger partial charge in [-0.3, -0.25) is 19.8 Å². The van der Waals surface area contributed by atoms with Gasteiger partial charge in [0.2, 0.25) is 0 Å². The van der Waals surface area contributed by atoms with Crippen LogP contribution in [0.4, 0.5) is 5.69 Å². The summed E-state index contributed by atoms with van der Waals surface area (Å²) in [4.78, 5) is 27.1. The van der Waals surface area contributed by atoms with Gasteiger partial charge in [0.15, 0.2) is 5.11 Å². The summed E-state index contributed by atoms with van der Waals surface area (Å²) in [6.07, 6.45) is 3.44. The first-order valence-electron chi connectivity index (χ1n) is 9.80. The van der Waals surface area contributed by atoms with Gasteiger partial charge in [0.1, 0.15) is 17.1 Å². The number of methoxy groups -OCH3 is 2. The number of benzene rings is 2. The van der Waals surface area contributed by atoms with Crippen LogP contribution in [0.3, 0.4) is 0 Å². The summed E-state index contributed by atoms with van der Waals surface area (Å²) in [5.74, 6) is 0.401. The molecule has 0 aliphatic carbocycles. The second kappa shape index (κ2) is 8.68. The molecule has 0 unspecified atom stereocenters. The molecule has 4 rings (SSSR count). The average Bonchev–Trinajstić information content (AvgIpc) is 3.17. The molecule has 2 heterocycles. The van der Waals surface area contributed by atoms with Crippen LogP contribution in [-0.4, -0.2) is 35.7 Å². The first-order valence-corrected chi connectivity index (χ1v) is 10.2. The zero-order valence-electron chi connectivity index (χ0n) is 17.8. The fourth-order valence-electron chi connectivity index (χ4n) is 3.49. The molecular formula is C24H21N3O4S. The van der Waals surface area contributed by atoms with Crippen molar-refractivity contribution in [2.75, 3.05) is 19.1 Å². The van der Waals surface area contributed by atoms with E-state index >= 15 is 0 Å². The van der Waals surface area contributed by atoms with Crippen LogP contribution in [0.25, 0.3) is 11.8 Å². The van der Waals surface area contributed by atoms with Gasteiger partial charge in [-0.25, -0.2) is 0 Å². The number of nitrogens with zero attached hydrogens (tertiary/aromatic N) is 2. The van der Waals surface area contributed by atoms with Crippen molar-refractivity contribution < 1.29 is 19.1 Å². The maximum Gasteiger partial charge on any atom is 0.270 e. The van der Waals surface area contributed by atoms with Gasteiger partial charge in [0, 0.05) is 17.6 Å². The molecule has 8 heteroatoms. The van der Waals surface area contributed by atoms with E-state index in [4.69, 9.17) is 21.7 Å². The number of amides is 2. The molecule has 7 nitrogen and oxygen atoms in total. The number of aromatic nitrogens is 1. The molecule has 1 saturated heterocycles. The summed E-state index contributed by atoms with van der Waals surface area (Å²) in [6, 6.07) is 16.4. The lowest BCUT2D eigenvalue weighted by Gasteiger charge is -2.28. The molecule has 1 aromatic heterocycles. The summed E-state index contributed by atoms with van der Waals surface area (Å²) in [5.41, 5.74) is 3.15. The van der Waals surface area contributed by atoms with Crippen molar-refractivity contribution >= 4 is 40.9 Å². The van der Waals surface area contributed by atoms with Gasteiger partial charge in [0.05, 0.1) is 19.9 Å². The molecule has 1 aliphatic heterocycles. The van der Waals surface area contributed by atoms with E-state index in [9.17, 15) is 9.59 Å². The Morgan fingerprint density at radius 3 is 2.03 bits per heavy atom. The van der Waals surface area contributed by atoms with Crippen LogP contribution in [0.2, 0.25) is 0 Å². The molecule has 0 radical (unpaired) electrons. The Hall–Kier alpha value is -3.91. The highest BCUT2D eigenvalue weighted by Gasteiger charge is 2.34. The van der Waals surface area contributed by atoms with Gasteiger partial charge in [-0.05, 0) is 85.4 Å². The minimum Gasteiger partial charge on any atom is -0.497 e. The van der Waals surface area contributed by atoms with Crippen LogP contribution >= 0.6 is 12.2 Å². The number of carbonyl (C=O) groups is 2. The van der Waals surface area contributed by atoms with Crippen LogP contribution in [-0.2, 0) is 9.59 Å². The van der Waals surface area contributed by atoms with Crippen molar-refractivity contribution in [1.29, 1.82) is 0 Å². The Bertz CT molecular complexity index is 1230. The van der Waals surface area contributed by atoms with E-state index in [2.05, 4.69) is 5.32 Å². The second-order valence-electron chi connectivity index (χ2n) is 7.14. The van der Waals surface area contributed by atoms with Gasteiger partial charge >= 0.3 is 0 Å². The van der Waals surface area contributed by atoms with Crippen LogP contribution in [0.15, 0.2) is 66.4 Å². The van der Waals surface area contributed by atoms with Crippen molar-refractivity contribution in [2.45, 2.75) is 6.92 Å². The van der Waals surface area contributed by atoms with Gasteiger partial charge in [-0.15, -0.1) is 0 Å². The summed E-state index contributed by atoms with van der Waals surface area (Å²) < 4.78 is 12.3. The zero-order chi connectivity index (χ0) is 22.8. The number of rotatable bonds is 5. The largest absolute Gasteiger partial charge is 0.497 e. The van der Waals surface area contributed by atoms with Crippen LogP contribution in [0.5, 0.6) is 11.5 Å². The first-order chi connectivity index (χ1) is 15.4. The molecule has 0 spiro atoms. The quantitative estimate of drug-likeness (QED) is 0.367. The molecule has 0 atom stereocenters. The zero-order valence-corrected chi connectivity index (χ0v) is 18.6. The number of ether oxygens (including phenoxy) is 2. The molecule has 0 saturated carbocycles. The Kier molecular flexibility index (Phi) is 5.79. The van der Waals surface area contributed by atoms with E-state index < -0.39 is 11.8 Å². The Morgan fingerprint density at radius 1 is 0.906 bits per heavy atom. The highest BCUT2D eigenvalue weighted by Crippen LogP contribution is 2.25. The van der Waals surface area contributed by atoms with Crippen molar-refractivity contribution in [3.63, 3.8) is 0 Å². The molecule has 1 N–H and O–H groups in total. The van der Waals surface area contributed by atoms with Crippen LogP contribution < -0.4 is 19.7 Å². The number of nitrogens with one attached hydrogen (secondary N) is 1. The lowest BCUT2D eigenvalue weighted by molar-refractivity contribution is -0.122. The van der Waals surface area contributed by atoms with Gasteiger partial charge in [0.25, 0.3) is 11.8 Å². The summed E-state index contributed by atoms with van der Waals surface area (Å²) >= 11 is 5.25. The average molecular weight is 448 g/mol. The number of hydrogen-bond acceptors (Lipinski definition) is 5.